The van der Waals surface area contributed by atoms with Gasteiger partial charge in [-0.25, -0.2) is 4.68 Å². The molecule has 3 rings (SSSR count). The Kier molecular flexibility index (Phi) is 7.42. The van der Waals surface area contributed by atoms with Crippen LogP contribution in [-0.4, -0.2) is 34.0 Å². The van der Waals surface area contributed by atoms with Crippen LogP contribution in [0.3, 0.4) is 0 Å². The normalized spacial score (nSPS) is 16.2. The molecule has 1 aromatic carbocycles. The third kappa shape index (κ3) is 5.24. The molecule has 0 bridgehead atoms. The maximum Gasteiger partial charge on any atom is 0.274 e. The van der Waals surface area contributed by atoms with E-state index in [4.69, 9.17) is 0 Å². The number of aromatic nitrogens is 3. The summed E-state index contributed by atoms with van der Waals surface area (Å²) in [5, 5.41) is 15.1. The van der Waals surface area contributed by atoms with Crippen LogP contribution in [-0.2, 0) is 6.42 Å². The standard InChI is InChI=1S/C23H35N5O/c1-5-6-7-18-8-10-19(11-9-18)21(16(2)3)25-23(29)22-17(4)28(27-26-22)20-12-14-24-15-13-20/h8-11,16,20-21,24H,5-7,12-15H2,1-4H3,(H,25,29). The lowest BCUT2D eigenvalue weighted by atomic mass is 9.94. The highest BCUT2D eigenvalue weighted by molar-refractivity contribution is 5.93. The Labute approximate surface area is 174 Å². The Hall–Kier alpha value is -2.21. The van der Waals surface area contributed by atoms with Crippen LogP contribution in [0.2, 0.25) is 0 Å². The molecule has 6 heteroatoms. The second kappa shape index (κ2) is 10.0. The zero-order chi connectivity index (χ0) is 20.8. The van der Waals surface area contributed by atoms with Gasteiger partial charge in [0.05, 0.1) is 17.8 Å². The highest BCUT2D eigenvalue weighted by Gasteiger charge is 2.25. The van der Waals surface area contributed by atoms with Crippen LogP contribution < -0.4 is 10.6 Å². The third-order valence-corrected chi connectivity index (χ3v) is 5.91. The van der Waals surface area contributed by atoms with Crippen LogP contribution in [0.25, 0.3) is 0 Å². The van der Waals surface area contributed by atoms with Gasteiger partial charge in [-0.2, -0.15) is 0 Å². The first-order chi connectivity index (χ1) is 14.0. The molecule has 0 aliphatic carbocycles. The number of hydrogen-bond acceptors (Lipinski definition) is 4. The number of nitrogens with one attached hydrogen (secondary N) is 2. The number of benzene rings is 1. The molecule has 0 saturated carbocycles. The van der Waals surface area contributed by atoms with Gasteiger partial charge in [0.2, 0.25) is 0 Å². The smallest absolute Gasteiger partial charge is 0.274 e. The van der Waals surface area contributed by atoms with Crippen LogP contribution in [0.1, 0.15) is 85.8 Å². The first-order valence-corrected chi connectivity index (χ1v) is 11.0. The second-order valence-corrected chi connectivity index (χ2v) is 8.49. The number of carbonyl (C=O) groups is 1. The molecule has 29 heavy (non-hydrogen) atoms. The largest absolute Gasteiger partial charge is 0.344 e. The van der Waals surface area contributed by atoms with E-state index in [0.29, 0.717) is 11.7 Å². The summed E-state index contributed by atoms with van der Waals surface area (Å²) in [5.74, 6) is 0.136. The van der Waals surface area contributed by atoms with Gasteiger partial charge in [0, 0.05) is 0 Å². The van der Waals surface area contributed by atoms with Crippen LogP contribution in [0, 0.1) is 12.8 Å². The topological polar surface area (TPSA) is 71.8 Å². The average Bonchev–Trinajstić information content (AvgIpc) is 3.12. The number of carbonyl (C=O) groups excluding carboxylic acids is 1. The van der Waals surface area contributed by atoms with Crippen LogP contribution in [0.15, 0.2) is 24.3 Å². The molecule has 6 nitrogen and oxygen atoms in total. The first-order valence-electron chi connectivity index (χ1n) is 11.0. The van der Waals surface area contributed by atoms with Crippen LogP contribution in [0.4, 0.5) is 0 Å². The van der Waals surface area contributed by atoms with E-state index in [1.165, 1.54) is 18.4 Å². The number of hydrogen-bond donors (Lipinski definition) is 2. The molecule has 1 aromatic heterocycles. The number of nitrogens with zero attached hydrogens (tertiary/aromatic N) is 3. The number of aryl methyl sites for hydroxylation is 1. The van der Waals surface area contributed by atoms with Crippen molar-refractivity contribution in [2.45, 2.75) is 71.9 Å². The maximum atomic E-state index is 13.0. The summed E-state index contributed by atoms with van der Waals surface area (Å²) in [6, 6.07) is 8.94. The molecule has 2 heterocycles. The molecule has 1 atom stereocenters. The van der Waals surface area contributed by atoms with Crippen molar-refractivity contribution in [2.75, 3.05) is 13.1 Å². The van der Waals surface area contributed by atoms with E-state index in [0.717, 1.165) is 43.6 Å². The molecular weight excluding hydrogens is 362 g/mol. The SMILES string of the molecule is CCCCc1ccc(C(NC(=O)c2nnn(C3CCNCC3)c2C)C(C)C)cc1. The first kappa shape index (κ1) is 21.5. The summed E-state index contributed by atoms with van der Waals surface area (Å²) in [7, 11) is 0. The minimum atomic E-state index is -0.142. The van der Waals surface area contributed by atoms with Gasteiger partial charge in [0.1, 0.15) is 0 Å². The summed E-state index contributed by atoms with van der Waals surface area (Å²) < 4.78 is 1.93. The lowest BCUT2D eigenvalue weighted by Crippen LogP contribution is -2.33. The fourth-order valence-electron chi connectivity index (χ4n) is 4.07. The van der Waals surface area contributed by atoms with Crippen molar-refractivity contribution < 1.29 is 4.79 Å². The van der Waals surface area contributed by atoms with Crippen molar-refractivity contribution in [3.63, 3.8) is 0 Å². The quantitative estimate of drug-likeness (QED) is 0.707. The Morgan fingerprint density at radius 3 is 2.55 bits per heavy atom. The summed E-state index contributed by atoms with van der Waals surface area (Å²) in [5.41, 5.74) is 3.78. The predicted molar refractivity (Wildman–Crippen MR) is 116 cm³/mol. The molecule has 1 saturated heterocycles. The zero-order valence-electron chi connectivity index (χ0n) is 18.2. The van der Waals surface area contributed by atoms with E-state index < -0.39 is 0 Å². The number of piperidine rings is 1. The third-order valence-electron chi connectivity index (χ3n) is 5.91. The Balaban J connectivity index is 1.72. The van der Waals surface area contributed by atoms with Gasteiger partial charge in [-0.1, -0.05) is 56.7 Å². The fourth-order valence-corrected chi connectivity index (χ4v) is 4.07. The summed E-state index contributed by atoms with van der Waals surface area (Å²) >= 11 is 0. The molecule has 1 aliphatic heterocycles. The lowest BCUT2D eigenvalue weighted by molar-refractivity contribution is 0.0919. The van der Waals surface area contributed by atoms with Gasteiger partial charge >= 0.3 is 0 Å². The molecule has 158 valence electrons. The molecule has 1 amide bonds. The summed E-state index contributed by atoms with van der Waals surface area (Å²) in [4.78, 5) is 13.0. The van der Waals surface area contributed by atoms with E-state index in [1.807, 2.05) is 11.6 Å². The van der Waals surface area contributed by atoms with Crippen molar-refractivity contribution in [1.82, 2.24) is 25.6 Å². The average molecular weight is 398 g/mol. The molecule has 1 fully saturated rings. The van der Waals surface area contributed by atoms with Gasteiger partial charge in [0.15, 0.2) is 5.69 Å². The summed E-state index contributed by atoms with van der Waals surface area (Å²) in [6.45, 7) is 10.4. The Morgan fingerprint density at radius 1 is 1.24 bits per heavy atom. The zero-order valence-corrected chi connectivity index (χ0v) is 18.2. The van der Waals surface area contributed by atoms with Crippen molar-refractivity contribution in [3.05, 3.63) is 46.8 Å². The van der Waals surface area contributed by atoms with E-state index in [2.05, 4.69) is 66.0 Å². The molecule has 2 aromatic rings. The summed E-state index contributed by atoms with van der Waals surface area (Å²) in [6.07, 6.45) is 5.54. The van der Waals surface area contributed by atoms with Gasteiger partial charge in [-0.05, 0) is 62.7 Å². The highest BCUT2D eigenvalue weighted by atomic mass is 16.2. The van der Waals surface area contributed by atoms with Gasteiger partial charge < -0.3 is 10.6 Å². The van der Waals surface area contributed by atoms with Gasteiger partial charge in [-0.15, -0.1) is 5.10 Å². The molecule has 0 radical (unpaired) electrons. The Morgan fingerprint density at radius 2 is 1.93 bits per heavy atom. The fraction of sp³-hybridized carbons (Fsp3) is 0.609. The predicted octanol–water partition coefficient (Wildman–Crippen LogP) is 3.98. The minimum absolute atomic E-state index is 0.0499. The Bertz CT molecular complexity index is 790. The monoisotopic (exact) mass is 397 g/mol. The van der Waals surface area contributed by atoms with Crippen LogP contribution >= 0.6 is 0 Å². The number of amides is 1. The molecule has 2 N–H and O–H groups in total. The van der Waals surface area contributed by atoms with Crippen molar-refractivity contribution >= 4 is 5.91 Å². The molecule has 1 aliphatic rings. The lowest BCUT2D eigenvalue weighted by Gasteiger charge is -2.24. The number of unbranched alkanes of at least 4 members (excludes halogenated alkanes) is 1. The van der Waals surface area contributed by atoms with Crippen molar-refractivity contribution in [1.29, 1.82) is 0 Å². The second-order valence-electron chi connectivity index (χ2n) is 8.49. The maximum absolute atomic E-state index is 13.0. The molecular formula is C23H35N5O. The van der Waals surface area contributed by atoms with Crippen LogP contribution in [0.5, 0.6) is 0 Å². The van der Waals surface area contributed by atoms with Crippen molar-refractivity contribution in [2.24, 2.45) is 5.92 Å². The van der Waals surface area contributed by atoms with E-state index >= 15 is 0 Å². The van der Waals surface area contributed by atoms with E-state index in [1.54, 1.807) is 0 Å². The number of rotatable bonds is 8. The van der Waals surface area contributed by atoms with E-state index in [-0.39, 0.29) is 17.9 Å². The highest BCUT2D eigenvalue weighted by Crippen LogP contribution is 2.24. The van der Waals surface area contributed by atoms with Crippen molar-refractivity contribution in [3.8, 4) is 0 Å². The molecule has 0 spiro atoms. The van der Waals surface area contributed by atoms with E-state index in [9.17, 15) is 4.79 Å². The van der Waals surface area contributed by atoms with Gasteiger partial charge in [0.25, 0.3) is 5.91 Å². The molecule has 1 unspecified atom stereocenters. The van der Waals surface area contributed by atoms with Gasteiger partial charge in [-0.3, -0.25) is 4.79 Å². The minimum Gasteiger partial charge on any atom is -0.344 e.